The van der Waals surface area contributed by atoms with Crippen LogP contribution in [0.15, 0.2) is 24.5 Å². The summed E-state index contributed by atoms with van der Waals surface area (Å²) in [7, 11) is 1.80. The molecule has 128 valence electrons. The molecule has 2 aromatic rings. The highest BCUT2D eigenvalue weighted by Gasteiger charge is 2.27. The summed E-state index contributed by atoms with van der Waals surface area (Å²) < 4.78 is 7.53. The highest BCUT2D eigenvalue weighted by molar-refractivity contribution is 5.94. The van der Waals surface area contributed by atoms with E-state index in [2.05, 4.69) is 22.3 Å². The largest absolute Gasteiger partial charge is 0.436 e. The van der Waals surface area contributed by atoms with Gasteiger partial charge in [0.05, 0.1) is 11.9 Å². The van der Waals surface area contributed by atoms with Crippen molar-refractivity contribution in [3.8, 4) is 11.6 Å². The lowest BCUT2D eigenvalue weighted by Crippen LogP contribution is -2.27. The van der Waals surface area contributed by atoms with Gasteiger partial charge in [0, 0.05) is 19.2 Å². The normalized spacial score (nSPS) is 20.6. The van der Waals surface area contributed by atoms with Gasteiger partial charge in [-0.05, 0) is 37.8 Å². The lowest BCUT2D eigenvalue weighted by Gasteiger charge is -2.25. The first kappa shape index (κ1) is 16.5. The van der Waals surface area contributed by atoms with E-state index in [4.69, 9.17) is 4.74 Å². The first-order valence-corrected chi connectivity index (χ1v) is 8.47. The van der Waals surface area contributed by atoms with Gasteiger partial charge in [0.25, 0.3) is 0 Å². The number of nitrogens with one attached hydrogen (secondary N) is 1. The van der Waals surface area contributed by atoms with Gasteiger partial charge in [-0.3, -0.25) is 9.78 Å². The van der Waals surface area contributed by atoms with Crippen LogP contribution in [0.1, 0.15) is 38.3 Å². The number of aryl methyl sites for hydroxylation is 2. The first-order chi connectivity index (χ1) is 11.5. The maximum Gasteiger partial charge on any atom is 0.241 e. The average molecular weight is 328 g/mol. The highest BCUT2D eigenvalue weighted by Crippen LogP contribution is 2.34. The van der Waals surface area contributed by atoms with Gasteiger partial charge < -0.3 is 10.1 Å². The van der Waals surface area contributed by atoms with E-state index in [1.54, 1.807) is 30.2 Å². The molecule has 2 atom stereocenters. The molecule has 0 unspecified atom stereocenters. The molecule has 24 heavy (non-hydrogen) atoms. The summed E-state index contributed by atoms with van der Waals surface area (Å²) in [5.41, 5.74) is 1.39. The van der Waals surface area contributed by atoms with Gasteiger partial charge in [0.1, 0.15) is 11.4 Å². The van der Waals surface area contributed by atoms with Gasteiger partial charge in [-0.15, -0.1) is 0 Å². The minimum atomic E-state index is 0.0636. The molecule has 3 rings (SSSR count). The zero-order valence-electron chi connectivity index (χ0n) is 14.5. The van der Waals surface area contributed by atoms with Crippen LogP contribution in [0.4, 0.5) is 5.69 Å². The number of pyridine rings is 1. The van der Waals surface area contributed by atoms with E-state index < -0.39 is 0 Å². The monoisotopic (exact) mass is 328 g/mol. The molecule has 1 aliphatic carbocycles. The number of hydrogen-bond donors (Lipinski definition) is 1. The summed E-state index contributed by atoms with van der Waals surface area (Å²) in [6, 6.07) is 3.63. The van der Waals surface area contributed by atoms with Crippen LogP contribution in [0.25, 0.3) is 0 Å². The molecule has 1 saturated carbocycles. The Morgan fingerprint density at radius 2 is 2.25 bits per heavy atom. The van der Waals surface area contributed by atoms with E-state index in [1.807, 2.05) is 13.0 Å². The SMILES string of the molecule is Cc1nn(C)c(Oc2cccnc2)c1NC(=O)[C@@H]1CCC[C@@H](C)C1. The first-order valence-electron chi connectivity index (χ1n) is 8.47. The molecule has 1 fully saturated rings. The predicted molar refractivity (Wildman–Crippen MR) is 92.0 cm³/mol. The van der Waals surface area contributed by atoms with E-state index in [1.165, 1.54) is 6.42 Å². The molecule has 0 radical (unpaired) electrons. The molecular formula is C18H24N4O2. The molecule has 0 aromatic carbocycles. The van der Waals surface area contributed by atoms with Crippen molar-refractivity contribution in [2.24, 2.45) is 18.9 Å². The molecule has 2 aromatic heterocycles. The van der Waals surface area contributed by atoms with Crippen LogP contribution in [0.5, 0.6) is 11.6 Å². The maximum absolute atomic E-state index is 12.7. The molecule has 6 heteroatoms. The molecule has 0 spiro atoms. The molecule has 2 heterocycles. The van der Waals surface area contributed by atoms with Crippen LogP contribution in [0.2, 0.25) is 0 Å². The number of ether oxygens (including phenoxy) is 1. The van der Waals surface area contributed by atoms with E-state index >= 15 is 0 Å². The van der Waals surface area contributed by atoms with E-state index in [9.17, 15) is 4.79 Å². The molecule has 0 saturated heterocycles. The Kier molecular flexibility index (Phi) is 4.83. The van der Waals surface area contributed by atoms with Gasteiger partial charge in [0.15, 0.2) is 0 Å². The van der Waals surface area contributed by atoms with Crippen LogP contribution in [-0.4, -0.2) is 20.7 Å². The van der Waals surface area contributed by atoms with Crippen molar-refractivity contribution in [1.29, 1.82) is 0 Å². The molecule has 0 aliphatic heterocycles. The second-order valence-electron chi connectivity index (χ2n) is 6.64. The number of nitrogens with zero attached hydrogens (tertiary/aromatic N) is 3. The zero-order chi connectivity index (χ0) is 17.1. The summed E-state index contributed by atoms with van der Waals surface area (Å²) in [5.74, 6) is 1.88. The molecule has 6 nitrogen and oxygen atoms in total. The lowest BCUT2D eigenvalue weighted by atomic mass is 9.82. The fourth-order valence-electron chi connectivity index (χ4n) is 3.31. The number of carbonyl (C=O) groups is 1. The second-order valence-corrected chi connectivity index (χ2v) is 6.64. The number of anilines is 1. The highest BCUT2D eigenvalue weighted by atomic mass is 16.5. The number of amides is 1. The Morgan fingerprint density at radius 1 is 1.42 bits per heavy atom. The Hall–Kier alpha value is -2.37. The molecular weight excluding hydrogens is 304 g/mol. The third-order valence-electron chi connectivity index (χ3n) is 4.57. The Morgan fingerprint density at radius 3 is 2.96 bits per heavy atom. The van der Waals surface area contributed by atoms with E-state index in [0.29, 0.717) is 23.2 Å². The van der Waals surface area contributed by atoms with Crippen molar-refractivity contribution >= 4 is 11.6 Å². The van der Waals surface area contributed by atoms with E-state index in [-0.39, 0.29) is 11.8 Å². The predicted octanol–water partition coefficient (Wildman–Crippen LogP) is 3.68. The summed E-state index contributed by atoms with van der Waals surface area (Å²) in [6.45, 7) is 4.08. The van der Waals surface area contributed by atoms with E-state index in [0.717, 1.165) is 25.0 Å². The number of rotatable bonds is 4. The van der Waals surface area contributed by atoms with Crippen molar-refractivity contribution in [1.82, 2.24) is 14.8 Å². The Balaban J connectivity index is 1.79. The molecule has 1 N–H and O–H groups in total. The number of aromatic nitrogens is 3. The standard InChI is InChI=1S/C18H24N4O2/c1-12-6-4-7-14(10-12)17(23)20-16-13(2)21-22(3)18(16)24-15-8-5-9-19-11-15/h5,8-9,11-12,14H,4,6-7,10H2,1-3H3,(H,20,23)/t12-,14-/m1/s1. The van der Waals surface area contributed by atoms with Crippen molar-refractivity contribution in [3.63, 3.8) is 0 Å². The van der Waals surface area contributed by atoms with Gasteiger partial charge >= 0.3 is 0 Å². The fraction of sp³-hybridized carbons (Fsp3) is 0.500. The smallest absolute Gasteiger partial charge is 0.241 e. The van der Waals surface area contributed by atoms with Crippen molar-refractivity contribution in [3.05, 3.63) is 30.2 Å². The lowest BCUT2D eigenvalue weighted by molar-refractivity contribution is -0.121. The van der Waals surface area contributed by atoms with Crippen molar-refractivity contribution in [2.75, 3.05) is 5.32 Å². The molecule has 1 amide bonds. The molecule has 0 bridgehead atoms. The summed E-state index contributed by atoms with van der Waals surface area (Å²) in [6.07, 6.45) is 7.55. The Labute approximate surface area is 142 Å². The zero-order valence-corrected chi connectivity index (χ0v) is 14.5. The van der Waals surface area contributed by atoms with Crippen LogP contribution >= 0.6 is 0 Å². The van der Waals surface area contributed by atoms with Crippen molar-refractivity contribution < 1.29 is 9.53 Å². The number of carbonyl (C=O) groups excluding carboxylic acids is 1. The third-order valence-corrected chi connectivity index (χ3v) is 4.57. The summed E-state index contributed by atoms with van der Waals surface area (Å²) in [4.78, 5) is 16.7. The minimum Gasteiger partial charge on any atom is -0.436 e. The van der Waals surface area contributed by atoms with Crippen molar-refractivity contribution in [2.45, 2.75) is 39.5 Å². The van der Waals surface area contributed by atoms with Gasteiger partial charge in [-0.2, -0.15) is 5.10 Å². The van der Waals surface area contributed by atoms with Gasteiger partial charge in [-0.1, -0.05) is 19.8 Å². The van der Waals surface area contributed by atoms with Gasteiger partial charge in [0.2, 0.25) is 11.8 Å². The average Bonchev–Trinajstić information content (AvgIpc) is 2.83. The van der Waals surface area contributed by atoms with Crippen LogP contribution < -0.4 is 10.1 Å². The minimum absolute atomic E-state index is 0.0636. The summed E-state index contributed by atoms with van der Waals surface area (Å²) in [5, 5.41) is 7.42. The molecule has 1 aliphatic rings. The Bertz CT molecular complexity index is 711. The van der Waals surface area contributed by atoms with Crippen LogP contribution in [0, 0.1) is 18.8 Å². The third kappa shape index (κ3) is 3.58. The fourth-order valence-corrected chi connectivity index (χ4v) is 3.31. The quantitative estimate of drug-likeness (QED) is 0.929. The van der Waals surface area contributed by atoms with Crippen LogP contribution in [-0.2, 0) is 11.8 Å². The van der Waals surface area contributed by atoms with Gasteiger partial charge in [-0.25, -0.2) is 4.68 Å². The number of hydrogen-bond acceptors (Lipinski definition) is 4. The topological polar surface area (TPSA) is 69.0 Å². The van der Waals surface area contributed by atoms with Crippen LogP contribution in [0.3, 0.4) is 0 Å². The second kappa shape index (κ2) is 7.03. The summed E-state index contributed by atoms with van der Waals surface area (Å²) >= 11 is 0. The maximum atomic E-state index is 12.7.